The van der Waals surface area contributed by atoms with Crippen molar-refractivity contribution in [2.24, 2.45) is 10.7 Å². The molecule has 2 aliphatic rings. The standard InChI is InChI=1S/C22H33BrN6O3/c1-3-25-21(30)15(2)29(14-16-12-17-4-11-32-20(17)19(23)13-16)22(28-26-8-7-24)27-18-5-9-31-10-6-18/h12-13,18,26H,2-11,14,24H2,1H3,(H,25,30)(H,27,28). The van der Waals surface area contributed by atoms with Crippen LogP contribution in [0, 0.1) is 0 Å². The van der Waals surface area contributed by atoms with Crippen LogP contribution >= 0.6 is 15.9 Å². The van der Waals surface area contributed by atoms with Crippen LogP contribution in [0.3, 0.4) is 0 Å². The maximum absolute atomic E-state index is 12.7. The van der Waals surface area contributed by atoms with Crippen molar-refractivity contribution in [2.45, 2.75) is 38.8 Å². The summed E-state index contributed by atoms with van der Waals surface area (Å²) in [6.45, 7) is 9.93. The van der Waals surface area contributed by atoms with Crippen LogP contribution < -0.4 is 26.6 Å². The van der Waals surface area contributed by atoms with Gasteiger partial charge < -0.3 is 25.4 Å². The number of fused-ring (bicyclic) bond motifs is 1. The summed E-state index contributed by atoms with van der Waals surface area (Å²) in [5, 5.41) is 2.84. The number of ether oxygens (including phenoxy) is 2. The van der Waals surface area contributed by atoms with E-state index in [0.717, 1.165) is 40.6 Å². The molecule has 2 aliphatic heterocycles. The number of amides is 1. The molecule has 1 saturated heterocycles. The second-order valence-electron chi connectivity index (χ2n) is 7.69. The molecular weight excluding hydrogens is 476 g/mol. The van der Waals surface area contributed by atoms with Crippen molar-refractivity contribution < 1.29 is 14.3 Å². The van der Waals surface area contributed by atoms with Crippen molar-refractivity contribution in [2.75, 3.05) is 39.5 Å². The van der Waals surface area contributed by atoms with E-state index in [9.17, 15) is 4.79 Å². The van der Waals surface area contributed by atoms with E-state index in [0.29, 0.717) is 57.7 Å². The van der Waals surface area contributed by atoms with Gasteiger partial charge in [-0.05, 0) is 52.9 Å². The molecule has 9 nitrogen and oxygen atoms in total. The van der Waals surface area contributed by atoms with E-state index in [4.69, 9.17) is 20.2 Å². The van der Waals surface area contributed by atoms with Crippen LogP contribution in [0.2, 0.25) is 0 Å². The highest BCUT2D eigenvalue weighted by Gasteiger charge is 2.24. The van der Waals surface area contributed by atoms with Crippen molar-refractivity contribution >= 4 is 27.8 Å². The topological polar surface area (TPSA) is 113 Å². The normalized spacial score (nSPS) is 16.3. The molecule has 1 amide bonds. The Labute approximate surface area is 197 Å². The summed E-state index contributed by atoms with van der Waals surface area (Å²) in [6.07, 6.45) is 2.51. The molecule has 0 saturated carbocycles. The molecule has 0 aliphatic carbocycles. The zero-order valence-corrected chi connectivity index (χ0v) is 20.2. The molecule has 0 radical (unpaired) electrons. The zero-order valence-electron chi connectivity index (χ0n) is 18.6. The van der Waals surface area contributed by atoms with Gasteiger partial charge in [0.1, 0.15) is 11.4 Å². The number of rotatable bonds is 9. The SMILES string of the molecule is C=C(C(=O)NCC)N(Cc1cc(Br)c2c(c1)CCO2)C(=NC1CCOCC1)NNCCN. The summed E-state index contributed by atoms with van der Waals surface area (Å²) in [5.74, 6) is 1.19. The third-order valence-electron chi connectivity index (χ3n) is 5.28. The fourth-order valence-electron chi connectivity index (χ4n) is 3.65. The number of halogens is 1. The van der Waals surface area contributed by atoms with Gasteiger partial charge in [0.05, 0.1) is 23.7 Å². The smallest absolute Gasteiger partial charge is 0.267 e. The average Bonchev–Trinajstić information content (AvgIpc) is 3.27. The fourth-order valence-corrected chi connectivity index (χ4v) is 4.31. The van der Waals surface area contributed by atoms with Crippen LogP contribution in [0.15, 0.2) is 33.9 Å². The number of hydrogen-bond donors (Lipinski definition) is 4. The minimum absolute atomic E-state index is 0.0932. The summed E-state index contributed by atoms with van der Waals surface area (Å²) in [5.41, 5.74) is 14.4. The largest absolute Gasteiger partial charge is 0.492 e. The summed E-state index contributed by atoms with van der Waals surface area (Å²) in [7, 11) is 0. The quantitative estimate of drug-likeness (QED) is 0.131. The minimum Gasteiger partial charge on any atom is -0.492 e. The molecule has 1 fully saturated rings. The van der Waals surface area contributed by atoms with E-state index in [2.05, 4.69) is 44.7 Å². The average molecular weight is 509 g/mol. The molecular formula is C22H33BrN6O3. The second kappa shape index (κ2) is 12.2. The summed E-state index contributed by atoms with van der Waals surface area (Å²) >= 11 is 3.62. The van der Waals surface area contributed by atoms with Gasteiger partial charge in [-0.15, -0.1) is 0 Å². The Morgan fingerprint density at radius 3 is 2.84 bits per heavy atom. The van der Waals surface area contributed by atoms with Crippen molar-refractivity contribution in [3.05, 3.63) is 40.0 Å². The maximum Gasteiger partial charge on any atom is 0.267 e. The molecule has 0 bridgehead atoms. The Bertz CT molecular complexity index is 841. The molecule has 2 heterocycles. The number of nitrogens with zero attached hydrogens (tertiary/aromatic N) is 2. The Kier molecular flexibility index (Phi) is 9.34. The predicted molar refractivity (Wildman–Crippen MR) is 128 cm³/mol. The van der Waals surface area contributed by atoms with Crippen LogP contribution in [0.25, 0.3) is 0 Å². The third kappa shape index (κ3) is 6.44. The molecule has 1 aromatic carbocycles. The lowest BCUT2D eigenvalue weighted by atomic mass is 10.1. The minimum atomic E-state index is -0.239. The number of guanidine groups is 1. The highest BCUT2D eigenvalue weighted by Crippen LogP contribution is 2.35. The van der Waals surface area contributed by atoms with Crippen LogP contribution in [0.4, 0.5) is 0 Å². The van der Waals surface area contributed by atoms with Crippen LogP contribution in [0.5, 0.6) is 5.75 Å². The van der Waals surface area contributed by atoms with Gasteiger partial charge in [0, 0.05) is 39.3 Å². The Hall–Kier alpha value is -2.14. The van der Waals surface area contributed by atoms with Gasteiger partial charge >= 0.3 is 0 Å². The third-order valence-corrected chi connectivity index (χ3v) is 5.87. The summed E-state index contributed by atoms with van der Waals surface area (Å²) in [6, 6.07) is 4.22. The Balaban J connectivity index is 1.92. The van der Waals surface area contributed by atoms with Gasteiger partial charge in [0.15, 0.2) is 0 Å². The number of carbonyl (C=O) groups excluding carboxylic acids is 1. The van der Waals surface area contributed by atoms with Crippen LogP contribution in [-0.2, 0) is 22.5 Å². The lowest BCUT2D eigenvalue weighted by Crippen LogP contribution is -2.50. The molecule has 1 aromatic rings. The molecule has 0 aromatic heterocycles. The van der Waals surface area contributed by atoms with Crippen molar-refractivity contribution in [1.29, 1.82) is 0 Å². The van der Waals surface area contributed by atoms with Crippen LogP contribution in [-0.4, -0.2) is 62.3 Å². The van der Waals surface area contributed by atoms with Crippen molar-refractivity contribution in [3.8, 4) is 5.75 Å². The first-order valence-electron chi connectivity index (χ1n) is 11.1. The second-order valence-corrected chi connectivity index (χ2v) is 8.55. The fraction of sp³-hybridized carbons (Fsp3) is 0.545. The molecule has 0 atom stereocenters. The molecule has 32 heavy (non-hydrogen) atoms. The van der Waals surface area contributed by atoms with E-state index < -0.39 is 0 Å². The zero-order chi connectivity index (χ0) is 22.9. The number of carbonyl (C=O) groups is 1. The molecule has 0 spiro atoms. The number of likely N-dealkylation sites (N-methyl/N-ethyl adjacent to an activating group) is 1. The van der Waals surface area contributed by atoms with Gasteiger partial charge in [-0.25, -0.2) is 10.4 Å². The Morgan fingerprint density at radius 1 is 1.34 bits per heavy atom. The van der Waals surface area contributed by atoms with Gasteiger partial charge in [-0.3, -0.25) is 10.2 Å². The van der Waals surface area contributed by atoms with Gasteiger partial charge in [-0.1, -0.05) is 12.6 Å². The van der Waals surface area contributed by atoms with Gasteiger partial charge in [-0.2, -0.15) is 0 Å². The molecule has 176 valence electrons. The van der Waals surface area contributed by atoms with E-state index in [1.807, 2.05) is 17.9 Å². The number of hydrogen-bond acceptors (Lipinski definition) is 6. The lowest BCUT2D eigenvalue weighted by Gasteiger charge is -2.30. The highest BCUT2D eigenvalue weighted by molar-refractivity contribution is 9.10. The number of nitrogens with two attached hydrogens (primary N) is 1. The number of hydrazine groups is 1. The molecule has 10 heteroatoms. The van der Waals surface area contributed by atoms with E-state index in [1.165, 1.54) is 0 Å². The van der Waals surface area contributed by atoms with E-state index in [-0.39, 0.29) is 11.9 Å². The first-order chi connectivity index (χ1) is 15.5. The number of benzene rings is 1. The van der Waals surface area contributed by atoms with E-state index >= 15 is 0 Å². The highest BCUT2D eigenvalue weighted by atomic mass is 79.9. The number of aliphatic imine (C=N–C) groups is 1. The maximum atomic E-state index is 12.7. The molecule has 5 N–H and O–H groups in total. The lowest BCUT2D eigenvalue weighted by molar-refractivity contribution is -0.118. The first kappa shape index (κ1) is 24.5. The van der Waals surface area contributed by atoms with Gasteiger partial charge in [0.2, 0.25) is 5.96 Å². The monoisotopic (exact) mass is 508 g/mol. The van der Waals surface area contributed by atoms with Crippen LogP contribution in [0.1, 0.15) is 30.9 Å². The van der Waals surface area contributed by atoms with E-state index in [1.54, 1.807) is 0 Å². The predicted octanol–water partition coefficient (Wildman–Crippen LogP) is 1.42. The Morgan fingerprint density at radius 2 is 2.12 bits per heavy atom. The summed E-state index contributed by atoms with van der Waals surface area (Å²) < 4.78 is 12.1. The molecule has 3 rings (SSSR count). The first-order valence-corrected chi connectivity index (χ1v) is 11.9. The van der Waals surface area contributed by atoms with Gasteiger partial charge in [0.25, 0.3) is 5.91 Å². The summed E-state index contributed by atoms with van der Waals surface area (Å²) in [4.78, 5) is 19.5. The van der Waals surface area contributed by atoms with Crippen molar-refractivity contribution in [3.63, 3.8) is 0 Å². The number of nitrogens with one attached hydrogen (secondary N) is 3. The molecule has 0 unspecified atom stereocenters. The van der Waals surface area contributed by atoms with Crippen molar-refractivity contribution in [1.82, 2.24) is 21.1 Å².